The summed E-state index contributed by atoms with van der Waals surface area (Å²) in [6, 6.07) is 4.70. The van der Waals surface area contributed by atoms with Gasteiger partial charge < -0.3 is 20.6 Å². The number of hydrogen-bond acceptors (Lipinski definition) is 12. The molecule has 1 fully saturated rings. The van der Waals surface area contributed by atoms with E-state index in [1.807, 2.05) is 0 Å². The van der Waals surface area contributed by atoms with E-state index in [2.05, 4.69) is 15.5 Å². The molecule has 1 aromatic carbocycles. The molecule has 188 valence electrons. The number of thioether (sulfide) groups is 1. The monoisotopic (exact) mass is 532 g/mol. The fraction of sp³-hybridized carbons (Fsp3) is 0.286. The highest BCUT2D eigenvalue weighted by atomic mass is 32.2. The van der Waals surface area contributed by atoms with E-state index in [1.165, 1.54) is 40.9 Å². The molecule has 0 radical (unpaired) electrons. The quantitative estimate of drug-likeness (QED) is 0.158. The van der Waals surface area contributed by atoms with Crippen LogP contribution in [0.5, 0.6) is 0 Å². The second-order valence-corrected chi connectivity index (χ2v) is 9.44. The van der Waals surface area contributed by atoms with Crippen LogP contribution in [0, 0.1) is 10.1 Å². The fourth-order valence-electron chi connectivity index (χ4n) is 3.41. The molecule has 0 aliphatic carbocycles. The van der Waals surface area contributed by atoms with Crippen LogP contribution < -0.4 is 11.1 Å². The van der Waals surface area contributed by atoms with Gasteiger partial charge in [0.05, 0.1) is 4.92 Å². The molecule has 0 bridgehead atoms. The number of benzene rings is 1. The SMILES string of the molecule is CCON=C(C(=O)NC1C(=O)N2C(C(=O)OCc3ccc([N+](=O)[O-])cc3)=CCS[C@@H]12)c1csc(N)n1. The number of thiazole rings is 1. The van der Waals surface area contributed by atoms with E-state index in [1.54, 1.807) is 18.4 Å². The second-order valence-electron chi connectivity index (χ2n) is 7.40. The van der Waals surface area contributed by atoms with Gasteiger partial charge in [0.25, 0.3) is 17.5 Å². The summed E-state index contributed by atoms with van der Waals surface area (Å²) in [7, 11) is 0. The van der Waals surface area contributed by atoms with Crippen LogP contribution in [-0.2, 0) is 30.6 Å². The standard InChI is InChI=1S/C21H20N6O7S2/c1-2-34-25-15(13-10-36-21(22)23-13)17(28)24-16-18(29)26-14(7-8-35-19(16)26)20(30)33-9-11-3-5-12(6-4-11)27(31)32/h3-7,10,16,19H,2,8-9H2,1H3,(H2,22,23)(H,24,28)/t16?,19-/m0/s1. The third kappa shape index (κ3) is 5.16. The maximum atomic E-state index is 12.9. The van der Waals surface area contributed by atoms with Crippen molar-refractivity contribution in [1.29, 1.82) is 0 Å². The topological polar surface area (TPSA) is 179 Å². The predicted molar refractivity (Wildman–Crippen MR) is 131 cm³/mol. The summed E-state index contributed by atoms with van der Waals surface area (Å²) in [6.45, 7) is 1.80. The Labute approximate surface area is 212 Å². The number of carbonyl (C=O) groups is 3. The number of aromatic nitrogens is 1. The van der Waals surface area contributed by atoms with Gasteiger partial charge in [-0.2, -0.15) is 0 Å². The van der Waals surface area contributed by atoms with Crippen molar-refractivity contribution in [2.24, 2.45) is 5.16 Å². The van der Waals surface area contributed by atoms with E-state index in [-0.39, 0.29) is 41.1 Å². The first-order chi connectivity index (χ1) is 17.3. The molecule has 1 saturated heterocycles. The first kappa shape index (κ1) is 25.1. The Morgan fingerprint density at radius 2 is 2.11 bits per heavy atom. The molecule has 1 aromatic heterocycles. The first-order valence-electron chi connectivity index (χ1n) is 10.6. The number of nitrogen functional groups attached to an aromatic ring is 1. The van der Waals surface area contributed by atoms with E-state index in [9.17, 15) is 24.5 Å². The van der Waals surface area contributed by atoms with Crippen molar-refractivity contribution >= 4 is 57.4 Å². The largest absolute Gasteiger partial charge is 0.456 e. The Morgan fingerprint density at radius 3 is 2.75 bits per heavy atom. The fourth-order valence-corrected chi connectivity index (χ4v) is 5.15. The van der Waals surface area contributed by atoms with Gasteiger partial charge in [0.2, 0.25) is 0 Å². The van der Waals surface area contributed by atoms with Crippen LogP contribution in [0.3, 0.4) is 0 Å². The highest BCUT2D eigenvalue weighted by Gasteiger charge is 2.53. The van der Waals surface area contributed by atoms with Gasteiger partial charge >= 0.3 is 5.97 Å². The number of amides is 2. The number of hydrogen-bond donors (Lipinski definition) is 2. The number of nitrogens with two attached hydrogens (primary N) is 1. The molecule has 4 rings (SSSR count). The minimum Gasteiger partial charge on any atom is -0.456 e. The molecule has 3 N–H and O–H groups in total. The zero-order chi connectivity index (χ0) is 25.8. The lowest BCUT2D eigenvalue weighted by atomic mass is 10.0. The summed E-state index contributed by atoms with van der Waals surface area (Å²) in [5.74, 6) is -1.43. The molecule has 2 aromatic rings. The first-order valence-corrected chi connectivity index (χ1v) is 12.5. The van der Waals surface area contributed by atoms with Crippen LogP contribution in [0.4, 0.5) is 10.8 Å². The molecule has 0 saturated carbocycles. The van der Waals surface area contributed by atoms with Crippen molar-refractivity contribution in [3.63, 3.8) is 0 Å². The minimum atomic E-state index is -0.892. The number of nitro groups is 1. The lowest BCUT2D eigenvalue weighted by Gasteiger charge is -2.48. The number of non-ortho nitro benzene ring substituents is 1. The number of anilines is 1. The predicted octanol–water partition coefficient (Wildman–Crippen LogP) is 1.40. The zero-order valence-corrected chi connectivity index (χ0v) is 20.4. The Hall–Kier alpha value is -3.98. The second kappa shape index (κ2) is 10.7. The summed E-state index contributed by atoms with van der Waals surface area (Å²) < 4.78 is 5.31. The number of rotatable bonds is 9. The van der Waals surface area contributed by atoms with Gasteiger partial charge in [0.1, 0.15) is 36.0 Å². The summed E-state index contributed by atoms with van der Waals surface area (Å²) >= 11 is 2.51. The number of fused-ring (bicyclic) bond motifs is 1. The lowest BCUT2D eigenvalue weighted by molar-refractivity contribution is -0.384. The molecule has 13 nitrogen and oxygen atoms in total. The summed E-state index contributed by atoms with van der Waals surface area (Å²) in [5, 5.41) is 18.5. The molecular weight excluding hydrogens is 512 g/mol. The maximum absolute atomic E-state index is 12.9. The van der Waals surface area contributed by atoms with E-state index in [4.69, 9.17) is 15.3 Å². The minimum absolute atomic E-state index is 0.0756. The number of β-lactam (4-membered cyclic amide) rings is 1. The highest BCUT2D eigenvalue weighted by Crippen LogP contribution is 2.38. The van der Waals surface area contributed by atoms with Gasteiger partial charge in [0.15, 0.2) is 10.8 Å². The smallest absolute Gasteiger partial charge is 0.355 e. The van der Waals surface area contributed by atoms with E-state index in [0.717, 1.165) is 11.3 Å². The maximum Gasteiger partial charge on any atom is 0.355 e. The van der Waals surface area contributed by atoms with Crippen LogP contribution >= 0.6 is 23.1 Å². The molecule has 15 heteroatoms. The van der Waals surface area contributed by atoms with Gasteiger partial charge in [0, 0.05) is 23.3 Å². The Morgan fingerprint density at radius 1 is 1.36 bits per heavy atom. The van der Waals surface area contributed by atoms with Crippen molar-refractivity contribution in [2.75, 3.05) is 18.1 Å². The Kier molecular flexibility index (Phi) is 7.49. The molecule has 2 amide bonds. The van der Waals surface area contributed by atoms with Crippen molar-refractivity contribution < 1.29 is 28.9 Å². The van der Waals surface area contributed by atoms with Crippen molar-refractivity contribution in [2.45, 2.75) is 24.9 Å². The van der Waals surface area contributed by atoms with Gasteiger partial charge in [-0.15, -0.1) is 23.1 Å². The number of ether oxygens (including phenoxy) is 1. The van der Waals surface area contributed by atoms with Crippen molar-refractivity contribution in [3.05, 3.63) is 62.8 Å². The van der Waals surface area contributed by atoms with Gasteiger partial charge in [-0.1, -0.05) is 5.16 Å². The summed E-state index contributed by atoms with van der Waals surface area (Å²) in [4.78, 5) is 59.0. The summed E-state index contributed by atoms with van der Waals surface area (Å²) in [6.07, 6.45) is 1.58. The van der Waals surface area contributed by atoms with Crippen LogP contribution in [-0.4, -0.2) is 62.1 Å². The summed E-state index contributed by atoms with van der Waals surface area (Å²) in [5.41, 5.74) is 6.32. The molecule has 0 spiro atoms. The average molecular weight is 533 g/mol. The van der Waals surface area contributed by atoms with Gasteiger partial charge in [-0.3, -0.25) is 24.6 Å². The Balaban J connectivity index is 1.39. The molecule has 2 aliphatic heterocycles. The number of nitro benzene ring substituents is 1. The lowest BCUT2D eigenvalue weighted by Crippen LogP contribution is -2.70. The van der Waals surface area contributed by atoms with Gasteiger partial charge in [-0.25, -0.2) is 9.78 Å². The van der Waals surface area contributed by atoms with Gasteiger partial charge in [-0.05, 0) is 30.7 Å². The van der Waals surface area contributed by atoms with E-state index >= 15 is 0 Å². The van der Waals surface area contributed by atoms with Crippen LogP contribution in [0.15, 0.2) is 46.6 Å². The number of nitrogens with one attached hydrogen (secondary N) is 1. The molecule has 36 heavy (non-hydrogen) atoms. The Bertz CT molecular complexity index is 1260. The van der Waals surface area contributed by atoms with Crippen LogP contribution in [0.2, 0.25) is 0 Å². The molecule has 2 atom stereocenters. The van der Waals surface area contributed by atoms with Crippen molar-refractivity contribution in [1.82, 2.24) is 15.2 Å². The third-order valence-electron chi connectivity index (χ3n) is 5.12. The number of nitrogens with zero attached hydrogens (tertiary/aromatic N) is 4. The molecule has 1 unspecified atom stereocenters. The van der Waals surface area contributed by atoms with E-state index < -0.39 is 34.1 Å². The molecule has 2 aliphatic rings. The molecular formula is C21H20N6O7S2. The average Bonchev–Trinajstić information content (AvgIpc) is 3.31. The van der Waals surface area contributed by atoms with Crippen molar-refractivity contribution in [3.8, 4) is 0 Å². The van der Waals surface area contributed by atoms with Crippen LogP contribution in [0.1, 0.15) is 18.2 Å². The number of carbonyl (C=O) groups excluding carboxylic acids is 3. The number of esters is 1. The number of oxime groups is 1. The highest BCUT2D eigenvalue weighted by molar-refractivity contribution is 8.00. The van der Waals surface area contributed by atoms with Crippen LogP contribution in [0.25, 0.3) is 0 Å². The van der Waals surface area contributed by atoms with E-state index in [0.29, 0.717) is 11.3 Å². The molecule has 3 heterocycles. The normalized spacial score (nSPS) is 19.0. The zero-order valence-electron chi connectivity index (χ0n) is 18.8. The third-order valence-corrected chi connectivity index (χ3v) is 6.98.